The van der Waals surface area contributed by atoms with Gasteiger partial charge in [0.25, 0.3) is 5.92 Å². The molecule has 9 heteroatoms. The maximum atomic E-state index is 14.8. The largest absolute Gasteiger partial charge is 0.364 e. The predicted molar refractivity (Wildman–Crippen MR) is 137 cm³/mol. The van der Waals surface area contributed by atoms with Crippen LogP contribution in [0.4, 0.5) is 31.9 Å². The number of anilines is 4. The zero-order valence-corrected chi connectivity index (χ0v) is 20.0. The maximum absolute atomic E-state index is 14.8. The number of halogens is 2. The minimum absolute atomic E-state index is 0.0888. The van der Waals surface area contributed by atoms with Crippen LogP contribution in [0.2, 0.25) is 0 Å². The van der Waals surface area contributed by atoms with Crippen LogP contribution in [0, 0.1) is 0 Å². The summed E-state index contributed by atoms with van der Waals surface area (Å²) < 4.78 is 29.6. The molecule has 0 unspecified atom stereocenters. The molecule has 0 atom stereocenters. The number of hydrogen-bond donors (Lipinski definition) is 3. The first kappa shape index (κ1) is 22.3. The molecule has 0 radical (unpaired) electrons. The number of rotatable bonds is 4. The van der Waals surface area contributed by atoms with Crippen molar-refractivity contribution >= 4 is 39.6 Å². The molecule has 2 aromatic heterocycles. The Hall–Kier alpha value is -3.20. The number of benzene rings is 1. The van der Waals surface area contributed by atoms with Gasteiger partial charge in [0, 0.05) is 48.0 Å². The quantitative estimate of drug-likeness (QED) is 0.494. The second-order valence-electron chi connectivity index (χ2n) is 9.95. The molecule has 4 heterocycles. The molecule has 1 saturated carbocycles. The first-order chi connectivity index (χ1) is 17.0. The van der Waals surface area contributed by atoms with Crippen molar-refractivity contribution in [3.63, 3.8) is 0 Å². The summed E-state index contributed by atoms with van der Waals surface area (Å²) in [5.74, 6) is -1.80. The van der Waals surface area contributed by atoms with Gasteiger partial charge in [0.1, 0.15) is 0 Å². The van der Waals surface area contributed by atoms with Crippen molar-refractivity contribution in [2.75, 3.05) is 48.3 Å². The van der Waals surface area contributed by atoms with Crippen LogP contribution in [0.1, 0.15) is 37.7 Å². The molecule has 35 heavy (non-hydrogen) atoms. The van der Waals surface area contributed by atoms with Gasteiger partial charge in [-0.1, -0.05) is 18.9 Å². The van der Waals surface area contributed by atoms with Crippen molar-refractivity contribution in [1.29, 1.82) is 0 Å². The topological polar surface area (TPSA) is 72.1 Å². The second kappa shape index (κ2) is 8.78. The van der Waals surface area contributed by atoms with Crippen LogP contribution in [-0.2, 0) is 0 Å². The van der Waals surface area contributed by atoms with Crippen LogP contribution >= 0.6 is 0 Å². The fraction of sp³-hybridized carbons (Fsp3) is 0.462. The highest BCUT2D eigenvalue weighted by molar-refractivity contribution is 5.95. The molecule has 2 aliphatic heterocycles. The molecule has 1 fully saturated rings. The highest BCUT2D eigenvalue weighted by Crippen LogP contribution is 2.39. The summed E-state index contributed by atoms with van der Waals surface area (Å²) in [5.41, 5.74) is 5.14. The summed E-state index contributed by atoms with van der Waals surface area (Å²) in [6.07, 6.45) is 11.0. The minimum atomic E-state index is -2.81. The monoisotopic (exact) mass is 479 g/mol. The SMILES string of the molecule is CN1CC(F)(F)CN(C2CCCC2)c2nc(Nc3ccc4[nH]cc(C5=CCNCC5)c4c3)ncc21. The second-order valence-corrected chi connectivity index (χ2v) is 9.95. The van der Waals surface area contributed by atoms with E-state index in [1.807, 2.05) is 17.0 Å². The van der Waals surface area contributed by atoms with E-state index in [1.54, 1.807) is 18.1 Å². The highest BCUT2D eigenvalue weighted by Gasteiger charge is 2.41. The number of nitrogens with one attached hydrogen (secondary N) is 3. The Bertz CT molecular complexity index is 1260. The average Bonchev–Trinajstić information content (AvgIpc) is 3.51. The van der Waals surface area contributed by atoms with Crippen molar-refractivity contribution in [2.45, 2.75) is 44.1 Å². The van der Waals surface area contributed by atoms with E-state index in [-0.39, 0.29) is 19.1 Å². The smallest absolute Gasteiger partial charge is 0.282 e. The lowest BCUT2D eigenvalue weighted by Crippen LogP contribution is -2.44. The lowest BCUT2D eigenvalue weighted by molar-refractivity contribution is 0.0177. The van der Waals surface area contributed by atoms with Crippen LogP contribution in [0.25, 0.3) is 16.5 Å². The Morgan fingerprint density at radius 3 is 2.83 bits per heavy atom. The summed E-state index contributed by atoms with van der Waals surface area (Å²) in [4.78, 5) is 16.1. The van der Waals surface area contributed by atoms with Crippen molar-refractivity contribution < 1.29 is 8.78 Å². The van der Waals surface area contributed by atoms with Gasteiger partial charge in [-0.05, 0) is 49.6 Å². The fourth-order valence-electron chi connectivity index (χ4n) is 5.69. The van der Waals surface area contributed by atoms with E-state index in [0.29, 0.717) is 17.5 Å². The Morgan fingerprint density at radius 2 is 2.03 bits per heavy atom. The van der Waals surface area contributed by atoms with E-state index in [2.05, 4.69) is 38.9 Å². The van der Waals surface area contributed by atoms with E-state index >= 15 is 0 Å². The molecule has 3 aromatic rings. The molecule has 3 aliphatic rings. The Kier molecular flexibility index (Phi) is 5.59. The Balaban J connectivity index is 1.34. The van der Waals surface area contributed by atoms with Gasteiger partial charge < -0.3 is 25.4 Å². The van der Waals surface area contributed by atoms with Gasteiger partial charge in [0.15, 0.2) is 5.82 Å². The normalized spacial score (nSPS) is 20.6. The summed E-state index contributed by atoms with van der Waals surface area (Å²) in [6.45, 7) is 1.21. The number of aromatic nitrogens is 3. The van der Waals surface area contributed by atoms with E-state index in [0.717, 1.165) is 61.8 Å². The van der Waals surface area contributed by atoms with Crippen LogP contribution < -0.4 is 20.4 Å². The third kappa shape index (κ3) is 4.33. The maximum Gasteiger partial charge on any atom is 0.282 e. The minimum Gasteiger partial charge on any atom is -0.364 e. The van der Waals surface area contributed by atoms with Gasteiger partial charge in [0.2, 0.25) is 5.95 Å². The molecular weight excluding hydrogens is 448 g/mol. The summed E-state index contributed by atoms with van der Waals surface area (Å²) in [6, 6.07) is 6.23. The van der Waals surface area contributed by atoms with Crippen LogP contribution in [0.15, 0.2) is 36.7 Å². The van der Waals surface area contributed by atoms with Gasteiger partial charge in [-0.15, -0.1) is 0 Å². The van der Waals surface area contributed by atoms with Crippen LogP contribution in [0.3, 0.4) is 0 Å². The fourth-order valence-corrected chi connectivity index (χ4v) is 5.69. The number of hydrogen-bond acceptors (Lipinski definition) is 6. The molecule has 0 spiro atoms. The standard InChI is InChI=1S/C26H31F2N7/c1-34-15-26(27,28)16-35(19-4-2-3-5-19)24-23(34)14-31-25(33-24)32-18-6-7-22-20(12-18)21(13-30-22)17-8-10-29-11-9-17/h6-8,12-14,19,29-30H,2-5,9-11,15-16H2,1H3,(H,31,32,33). The molecule has 3 N–H and O–H groups in total. The molecule has 0 bridgehead atoms. The molecule has 1 aliphatic carbocycles. The van der Waals surface area contributed by atoms with Crippen molar-refractivity contribution in [3.05, 3.63) is 42.2 Å². The predicted octanol–water partition coefficient (Wildman–Crippen LogP) is 4.91. The van der Waals surface area contributed by atoms with Gasteiger partial charge >= 0.3 is 0 Å². The van der Waals surface area contributed by atoms with Crippen molar-refractivity contribution in [2.24, 2.45) is 0 Å². The molecule has 1 aromatic carbocycles. The molecule has 7 nitrogen and oxygen atoms in total. The summed E-state index contributed by atoms with van der Waals surface area (Å²) in [5, 5.41) is 7.84. The zero-order chi connectivity index (χ0) is 24.0. The van der Waals surface area contributed by atoms with Crippen molar-refractivity contribution in [3.8, 4) is 0 Å². The average molecular weight is 480 g/mol. The lowest BCUT2D eigenvalue weighted by atomic mass is 9.99. The van der Waals surface area contributed by atoms with E-state index in [4.69, 9.17) is 4.98 Å². The summed E-state index contributed by atoms with van der Waals surface area (Å²) >= 11 is 0. The lowest BCUT2D eigenvalue weighted by Gasteiger charge is -2.31. The van der Waals surface area contributed by atoms with Crippen LogP contribution in [-0.4, -0.2) is 60.1 Å². The zero-order valence-electron chi connectivity index (χ0n) is 20.0. The first-order valence-electron chi connectivity index (χ1n) is 12.5. The van der Waals surface area contributed by atoms with E-state index in [1.165, 1.54) is 11.1 Å². The molecule has 184 valence electrons. The van der Waals surface area contributed by atoms with Crippen LogP contribution in [0.5, 0.6) is 0 Å². The number of nitrogens with zero attached hydrogens (tertiary/aromatic N) is 4. The first-order valence-corrected chi connectivity index (χ1v) is 12.5. The molecule has 0 amide bonds. The van der Waals surface area contributed by atoms with Gasteiger partial charge in [-0.2, -0.15) is 4.98 Å². The third-order valence-corrected chi connectivity index (χ3v) is 7.42. The molecular formula is C26H31F2N7. The number of H-pyrrole nitrogens is 1. The highest BCUT2D eigenvalue weighted by atomic mass is 19.3. The molecule has 0 saturated heterocycles. The molecule has 6 rings (SSSR count). The summed E-state index contributed by atoms with van der Waals surface area (Å²) in [7, 11) is 1.69. The van der Waals surface area contributed by atoms with E-state index in [9.17, 15) is 8.78 Å². The number of alkyl halides is 2. The van der Waals surface area contributed by atoms with Gasteiger partial charge in [0.05, 0.1) is 25.0 Å². The van der Waals surface area contributed by atoms with Gasteiger partial charge in [-0.25, -0.2) is 13.8 Å². The van der Waals surface area contributed by atoms with Crippen molar-refractivity contribution in [1.82, 2.24) is 20.3 Å². The van der Waals surface area contributed by atoms with E-state index < -0.39 is 5.92 Å². The Labute approximate surface area is 203 Å². The third-order valence-electron chi connectivity index (χ3n) is 7.42. The Morgan fingerprint density at radius 1 is 1.17 bits per heavy atom. The van der Waals surface area contributed by atoms with Gasteiger partial charge in [-0.3, -0.25) is 0 Å². The number of aromatic amines is 1. The number of fused-ring (bicyclic) bond motifs is 2.